The number of tetrazole rings is 1. The minimum Gasteiger partial charge on any atom is -0.492 e. The third-order valence-corrected chi connectivity index (χ3v) is 8.29. The van der Waals surface area contributed by atoms with Crippen molar-refractivity contribution < 1.29 is 19.1 Å². The first kappa shape index (κ1) is 29.5. The Labute approximate surface area is 252 Å². The Bertz CT molecular complexity index is 1400. The molecule has 2 saturated heterocycles. The Morgan fingerprint density at radius 1 is 1.02 bits per heavy atom. The molecular formula is C28H30Cl2N6O4S. The second-order valence-corrected chi connectivity index (χ2v) is 11.5. The number of ether oxygens (including phenoxy) is 2. The number of aromatic amines is 1. The highest BCUT2D eigenvalue weighted by Crippen LogP contribution is 2.39. The van der Waals surface area contributed by atoms with E-state index in [4.69, 9.17) is 32.7 Å². The fourth-order valence-corrected chi connectivity index (χ4v) is 6.03. The van der Waals surface area contributed by atoms with Crippen LogP contribution in [-0.4, -0.2) is 87.6 Å². The number of morpholine rings is 1. The van der Waals surface area contributed by atoms with E-state index in [1.807, 2.05) is 24.3 Å². The van der Waals surface area contributed by atoms with Crippen LogP contribution >= 0.6 is 35.0 Å². The van der Waals surface area contributed by atoms with Gasteiger partial charge in [0, 0.05) is 48.7 Å². The lowest BCUT2D eigenvalue weighted by Gasteiger charge is -2.26. The maximum atomic E-state index is 13.1. The van der Waals surface area contributed by atoms with E-state index in [1.54, 1.807) is 18.2 Å². The van der Waals surface area contributed by atoms with E-state index in [2.05, 4.69) is 25.5 Å². The number of thioether (sulfide) groups is 1. The molecule has 2 aromatic carbocycles. The SMILES string of the molecule is O=C1SC(=Cc2ccc(OCCN3CCOCC3)c(-c3ccc(Cl)cc3Cl)c2)C(=O)N1CCCCCc1nn[nH]n1. The van der Waals surface area contributed by atoms with Gasteiger partial charge in [0.2, 0.25) is 0 Å². The van der Waals surface area contributed by atoms with Crippen molar-refractivity contribution in [2.45, 2.75) is 25.7 Å². The molecule has 0 aliphatic carbocycles. The molecular weight excluding hydrogens is 587 g/mol. The van der Waals surface area contributed by atoms with Gasteiger partial charge in [0.25, 0.3) is 11.1 Å². The van der Waals surface area contributed by atoms with E-state index < -0.39 is 0 Å². The van der Waals surface area contributed by atoms with Crippen molar-refractivity contribution in [1.82, 2.24) is 30.4 Å². The predicted molar refractivity (Wildman–Crippen MR) is 159 cm³/mol. The maximum absolute atomic E-state index is 13.1. The van der Waals surface area contributed by atoms with Crippen LogP contribution in [0.1, 0.15) is 30.7 Å². The van der Waals surface area contributed by atoms with Gasteiger partial charge in [-0.3, -0.25) is 19.4 Å². The summed E-state index contributed by atoms with van der Waals surface area (Å²) in [4.78, 5) is 29.7. The quantitative estimate of drug-likeness (QED) is 0.213. The van der Waals surface area contributed by atoms with Gasteiger partial charge in [-0.15, -0.1) is 10.2 Å². The number of amides is 2. The number of halogens is 2. The van der Waals surface area contributed by atoms with Gasteiger partial charge in [0.15, 0.2) is 5.82 Å². The third-order valence-electron chi connectivity index (χ3n) is 6.84. The molecule has 216 valence electrons. The van der Waals surface area contributed by atoms with Gasteiger partial charge in [-0.05, 0) is 60.5 Å². The normalized spacial score (nSPS) is 17.1. The molecule has 0 radical (unpaired) electrons. The molecule has 0 bridgehead atoms. The molecule has 2 fully saturated rings. The Hall–Kier alpha value is -2.96. The molecule has 0 spiro atoms. The zero-order chi connectivity index (χ0) is 28.6. The Morgan fingerprint density at radius 3 is 2.66 bits per heavy atom. The van der Waals surface area contributed by atoms with Crippen molar-refractivity contribution in [2.75, 3.05) is 46.0 Å². The Morgan fingerprint density at radius 2 is 1.88 bits per heavy atom. The highest BCUT2D eigenvalue weighted by molar-refractivity contribution is 8.18. The van der Waals surface area contributed by atoms with Crippen molar-refractivity contribution in [2.24, 2.45) is 0 Å². The molecule has 0 atom stereocenters. The summed E-state index contributed by atoms with van der Waals surface area (Å²) in [5.74, 6) is 1.05. The van der Waals surface area contributed by atoms with Gasteiger partial charge in [0.1, 0.15) is 12.4 Å². The van der Waals surface area contributed by atoms with Crippen molar-refractivity contribution in [3.05, 3.63) is 62.7 Å². The number of rotatable bonds is 12. The van der Waals surface area contributed by atoms with Gasteiger partial charge in [0.05, 0.1) is 23.1 Å². The van der Waals surface area contributed by atoms with Crippen molar-refractivity contribution in [3.63, 3.8) is 0 Å². The number of carbonyl (C=O) groups excluding carboxylic acids is 2. The number of nitrogens with zero attached hydrogens (tertiary/aromatic N) is 5. The van der Waals surface area contributed by atoms with Crippen LogP contribution in [0.4, 0.5) is 4.79 Å². The number of hydrogen-bond acceptors (Lipinski definition) is 9. The zero-order valence-corrected chi connectivity index (χ0v) is 24.7. The van der Waals surface area contributed by atoms with Crippen molar-refractivity contribution >= 4 is 52.2 Å². The molecule has 10 nitrogen and oxygen atoms in total. The second kappa shape index (κ2) is 14.3. The van der Waals surface area contributed by atoms with Gasteiger partial charge in [-0.2, -0.15) is 5.21 Å². The largest absolute Gasteiger partial charge is 0.492 e. The van der Waals surface area contributed by atoms with Gasteiger partial charge >= 0.3 is 0 Å². The topological polar surface area (TPSA) is 114 Å². The molecule has 41 heavy (non-hydrogen) atoms. The summed E-state index contributed by atoms with van der Waals surface area (Å²) in [6, 6.07) is 11.0. The number of aromatic nitrogens is 4. The summed E-state index contributed by atoms with van der Waals surface area (Å²) in [5, 5.41) is 14.6. The molecule has 3 heterocycles. The van der Waals surface area contributed by atoms with Crippen LogP contribution in [0.25, 0.3) is 17.2 Å². The van der Waals surface area contributed by atoms with E-state index >= 15 is 0 Å². The summed E-state index contributed by atoms with van der Waals surface area (Å²) >= 11 is 13.7. The van der Waals surface area contributed by atoms with E-state index in [0.29, 0.717) is 52.5 Å². The second-order valence-electron chi connectivity index (χ2n) is 9.65. The number of carbonyl (C=O) groups is 2. The summed E-state index contributed by atoms with van der Waals surface area (Å²) in [6.45, 7) is 4.88. The fourth-order valence-electron chi connectivity index (χ4n) is 4.65. The van der Waals surface area contributed by atoms with E-state index in [9.17, 15) is 9.59 Å². The summed E-state index contributed by atoms with van der Waals surface area (Å²) in [7, 11) is 0. The maximum Gasteiger partial charge on any atom is 0.293 e. The molecule has 1 N–H and O–H groups in total. The van der Waals surface area contributed by atoms with Crippen LogP contribution in [0.2, 0.25) is 10.0 Å². The number of imide groups is 1. The summed E-state index contributed by atoms with van der Waals surface area (Å²) in [5.41, 5.74) is 2.31. The molecule has 0 saturated carbocycles. The summed E-state index contributed by atoms with van der Waals surface area (Å²) < 4.78 is 11.6. The molecule has 2 aliphatic rings. The number of H-pyrrole nitrogens is 1. The van der Waals surface area contributed by atoms with E-state index in [1.165, 1.54) is 4.90 Å². The van der Waals surface area contributed by atoms with Crippen molar-refractivity contribution in [1.29, 1.82) is 0 Å². The minimum atomic E-state index is -0.282. The lowest BCUT2D eigenvalue weighted by atomic mass is 10.0. The molecule has 13 heteroatoms. The van der Waals surface area contributed by atoms with Crippen LogP contribution in [0.5, 0.6) is 5.75 Å². The molecule has 3 aromatic rings. The monoisotopic (exact) mass is 616 g/mol. The average Bonchev–Trinajstić information content (AvgIpc) is 3.58. The van der Waals surface area contributed by atoms with Gasteiger partial charge < -0.3 is 9.47 Å². The highest BCUT2D eigenvalue weighted by atomic mass is 35.5. The number of aryl methyl sites for hydroxylation is 1. The lowest BCUT2D eigenvalue weighted by molar-refractivity contribution is -0.122. The standard InChI is InChI=1S/C28H30Cl2N6O4S/c29-20-6-7-21(23(30)18-20)22-16-19(5-8-24(22)40-15-12-35-10-13-39-14-11-35)17-25-27(37)36(28(38)41-25)9-3-1-2-4-26-31-33-34-32-26/h5-8,16-18H,1-4,9-15H2,(H,31,32,33,34). The van der Waals surface area contributed by atoms with Crippen LogP contribution in [0.3, 0.4) is 0 Å². The smallest absolute Gasteiger partial charge is 0.293 e. The molecule has 0 unspecified atom stereocenters. The number of benzene rings is 2. The van der Waals surface area contributed by atoms with Gasteiger partial charge in [-0.1, -0.05) is 47.0 Å². The van der Waals surface area contributed by atoms with Crippen molar-refractivity contribution in [3.8, 4) is 16.9 Å². The van der Waals surface area contributed by atoms with E-state index in [-0.39, 0.29) is 11.1 Å². The number of unbranched alkanes of at least 4 members (excludes halogenated alkanes) is 2. The highest BCUT2D eigenvalue weighted by Gasteiger charge is 2.34. The number of nitrogens with one attached hydrogen (secondary N) is 1. The minimum absolute atomic E-state index is 0.261. The van der Waals surface area contributed by atoms with Crippen LogP contribution < -0.4 is 4.74 Å². The van der Waals surface area contributed by atoms with E-state index in [0.717, 1.165) is 74.1 Å². The van der Waals surface area contributed by atoms with Crippen LogP contribution in [0, 0.1) is 0 Å². The molecule has 5 rings (SSSR count). The van der Waals surface area contributed by atoms with Gasteiger partial charge in [-0.25, -0.2) is 0 Å². The van der Waals surface area contributed by atoms with Crippen LogP contribution in [0.15, 0.2) is 41.3 Å². The first-order chi connectivity index (χ1) is 20.0. The lowest BCUT2D eigenvalue weighted by Crippen LogP contribution is -2.38. The predicted octanol–water partition coefficient (Wildman–Crippen LogP) is 5.33. The van der Waals surface area contributed by atoms with Crippen LogP contribution in [-0.2, 0) is 16.0 Å². The average molecular weight is 618 g/mol. The fraction of sp³-hybridized carbons (Fsp3) is 0.393. The summed E-state index contributed by atoms with van der Waals surface area (Å²) in [6.07, 6.45) is 4.84. The number of hydrogen-bond donors (Lipinski definition) is 1. The Kier molecular flexibility index (Phi) is 10.3. The third kappa shape index (κ3) is 7.87. The zero-order valence-electron chi connectivity index (χ0n) is 22.4. The molecule has 2 amide bonds. The Balaban J connectivity index is 1.27. The molecule has 1 aromatic heterocycles. The molecule has 2 aliphatic heterocycles. The first-order valence-corrected chi connectivity index (χ1v) is 15.1. The first-order valence-electron chi connectivity index (χ1n) is 13.5.